The number of carbonyl (C=O) groups is 1. The van der Waals surface area contributed by atoms with Gasteiger partial charge in [0.05, 0.1) is 28.8 Å². The number of hydrogen-bond acceptors (Lipinski definition) is 9. The zero-order valence-corrected chi connectivity index (χ0v) is 25.0. The molecule has 1 aliphatic carbocycles. The van der Waals surface area contributed by atoms with Gasteiger partial charge in [0, 0.05) is 70.8 Å². The third-order valence-electron chi connectivity index (χ3n) is 8.75. The monoisotopic (exact) mass is 619 g/mol. The number of fused-ring (bicyclic) bond motifs is 1. The first kappa shape index (κ1) is 28.6. The van der Waals surface area contributed by atoms with E-state index < -0.39 is 11.4 Å². The van der Waals surface area contributed by atoms with E-state index in [0.717, 1.165) is 24.2 Å². The predicted octanol–water partition coefficient (Wildman–Crippen LogP) is 4.44. The Balaban J connectivity index is 1.19. The summed E-state index contributed by atoms with van der Waals surface area (Å²) in [5.41, 5.74) is 2.49. The van der Waals surface area contributed by atoms with Crippen molar-refractivity contribution < 1.29 is 23.4 Å². The number of piperazine rings is 1. The molecule has 3 fully saturated rings. The minimum Gasteiger partial charge on any atom is -0.381 e. The number of amides is 1. The fourth-order valence-electron chi connectivity index (χ4n) is 6.07. The molecular weight excluding hydrogens is 588 g/mol. The number of nitriles is 1. The lowest BCUT2D eigenvalue weighted by molar-refractivity contribution is -0.161. The summed E-state index contributed by atoms with van der Waals surface area (Å²) in [6, 6.07) is 9.90. The van der Waals surface area contributed by atoms with Crippen molar-refractivity contribution in [3.63, 3.8) is 0 Å². The number of hydrogen-bond donors (Lipinski definition) is 1. The number of rotatable bonds is 6. The second kappa shape index (κ2) is 11.1. The number of benzene rings is 1. The van der Waals surface area contributed by atoms with E-state index in [-0.39, 0.29) is 30.5 Å². The van der Waals surface area contributed by atoms with Gasteiger partial charge in [-0.15, -0.1) is 0 Å². The molecule has 1 N–H and O–H groups in total. The Hall–Kier alpha value is -4.12. The van der Waals surface area contributed by atoms with Crippen LogP contribution in [0.15, 0.2) is 36.5 Å². The largest absolute Gasteiger partial charge is 0.381 e. The van der Waals surface area contributed by atoms with Crippen LogP contribution >= 0.6 is 11.3 Å². The molecule has 3 aliphatic rings. The maximum atomic E-state index is 15.6. The number of aromatic nitrogens is 3. The van der Waals surface area contributed by atoms with Gasteiger partial charge in [0.1, 0.15) is 28.1 Å². The molecule has 0 bridgehead atoms. The molecule has 0 atom stereocenters. The SMILES string of the molecule is CN(c1nc(-c2ccc(F)cc2)c(C#N)s1)c1c(C2CC2)nn2cc(F)c(N3CCN(C(=O)C4(O)CCOCC4)CC3)cc12. The van der Waals surface area contributed by atoms with Crippen molar-refractivity contribution >= 4 is 39.3 Å². The number of aliphatic hydroxyl groups is 1. The van der Waals surface area contributed by atoms with Crippen LogP contribution in [0.4, 0.5) is 25.3 Å². The lowest BCUT2D eigenvalue weighted by Gasteiger charge is -2.41. The number of thiazole rings is 1. The van der Waals surface area contributed by atoms with Crippen LogP contribution in [0.25, 0.3) is 16.8 Å². The van der Waals surface area contributed by atoms with Gasteiger partial charge in [0.15, 0.2) is 10.9 Å². The molecule has 10 nitrogen and oxygen atoms in total. The Bertz CT molecular complexity index is 1770. The summed E-state index contributed by atoms with van der Waals surface area (Å²) in [6.07, 6.45) is 3.91. The molecule has 228 valence electrons. The number of halogens is 2. The topological polar surface area (TPSA) is 110 Å². The van der Waals surface area contributed by atoms with Gasteiger partial charge in [-0.25, -0.2) is 18.3 Å². The van der Waals surface area contributed by atoms with E-state index in [0.29, 0.717) is 71.9 Å². The molecule has 2 saturated heterocycles. The molecule has 0 spiro atoms. The fraction of sp³-hybridized carbons (Fsp3) is 0.419. The van der Waals surface area contributed by atoms with E-state index in [4.69, 9.17) is 14.8 Å². The van der Waals surface area contributed by atoms with Gasteiger partial charge in [0.2, 0.25) is 0 Å². The molecule has 0 radical (unpaired) electrons. The maximum Gasteiger partial charge on any atom is 0.254 e. The Labute approximate surface area is 256 Å². The molecule has 0 unspecified atom stereocenters. The number of nitrogens with zero attached hydrogens (tertiary/aromatic N) is 7. The lowest BCUT2D eigenvalue weighted by Crippen LogP contribution is -2.57. The Morgan fingerprint density at radius 1 is 1.16 bits per heavy atom. The third kappa shape index (κ3) is 5.06. The summed E-state index contributed by atoms with van der Waals surface area (Å²) in [6.45, 7) is 2.27. The van der Waals surface area contributed by atoms with Crippen molar-refractivity contribution in [2.75, 3.05) is 56.2 Å². The molecule has 4 aromatic rings. The third-order valence-corrected chi connectivity index (χ3v) is 9.78. The molecule has 44 heavy (non-hydrogen) atoms. The van der Waals surface area contributed by atoms with E-state index >= 15 is 4.39 Å². The van der Waals surface area contributed by atoms with Crippen LogP contribution in [-0.2, 0) is 9.53 Å². The Morgan fingerprint density at radius 3 is 2.52 bits per heavy atom. The van der Waals surface area contributed by atoms with Crippen molar-refractivity contribution in [2.24, 2.45) is 0 Å². The average Bonchev–Trinajstić information content (AvgIpc) is 3.69. The van der Waals surface area contributed by atoms with Crippen LogP contribution in [0.2, 0.25) is 0 Å². The fourth-order valence-corrected chi connectivity index (χ4v) is 6.93. The van der Waals surface area contributed by atoms with Crippen molar-refractivity contribution in [2.45, 2.75) is 37.2 Å². The number of pyridine rings is 1. The van der Waals surface area contributed by atoms with Crippen LogP contribution in [0.3, 0.4) is 0 Å². The number of anilines is 3. The first-order chi connectivity index (χ1) is 21.3. The maximum absolute atomic E-state index is 15.6. The molecule has 1 amide bonds. The highest BCUT2D eigenvalue weighted by Crippen LogP contribution is 2.48. The summed E-state index contributed by atoms with van der Waals surface area (Å²) >= 11 is 1.24. The van der Waals surface area contributed by atoms with E-state index in [9.17, 15) is 19.6 Å². The Kier molecular flexibility index (Phi) is 7.23. The van der Waals surface area contributed by atoms with Gasteiger partial charge in [0.25, 0.3) is 5.91 Å². The smallest absolute Gasteiger partial charge is 0.254 e. The first-order valence-corrected chi connectivity index (χ1v) is 15.5. The molecule has 13 heteroatoms. The highest BCUT2D eigenvalue weighted by Gasteiger charge is 2.41. The average molecular weight is 620 g/mol. The van der Waals surface area contributed by atoms with Crippen molar-refractivity contribution in [1.29, 1.82) is 5.26 Å². The second-order valence-corrected chi connectivity index (χ2v) is 12.6. The van der Waals surface area contributed by atoms with Crippen molar-refractivity contribution in [3.05, 3.63) is 58.7 Å². The Morgan fingerprint density at radius 2 is 1.86 bits per heavy atom. The molecule has 7 rings (SSSR count). The molecule has 5 heterocycles. The van der Waals surface area contributed by atoms with E-state index in [1.54, 1.807) is 27.6 Å². The summed E-state index contributed by atoms with van der Waals surface area (Å²) in [5.74, 6) is -0.825. The quantitative estimate of drug-likeness (QED) is 0.337. The van der Waals surface area contributed by atoms with Gasteiger partial charge >= 0.3 is 0 Å². The van der Waals surface area contributed by atoms with Crippen LogP contribution in [0.1, 0.15) is 42.2 Å². The van der Waals surface area contributed by atoms with Crippen molar-refractivity contribution in [1.82, 2.24) is 19.5 Å². The van der Waals surface area contributed by atoms with Crippen LogP contribution < -0.4 is 9.80 Å². The van der Waals surface area contributed by atoms with Crippen LogP contribution in [0.5, 0.6) is 0 Å². The lowest BCUT2D eigenvalue weighted by atomic mass is 9.92. The minimum atomic E-state index is -1.40. The highest BCUT2D eigenvalue weighted by molar-refractivity contribution is 7.16. The molecule has 2 aliphatic heterocycles. The number of ether oxygens (including phenoxy) is 1. The van der Waals surface area contributed by atoms with Gasteiger partial charge in [-0.3, -0.25) is 4.79 Å². The van der Waals surface area contributed by atoms with E-state index in [1.807, 2.05) is 16.8 Å². The van der Waals surface area contributed by atoms with Gasteiger partial charge in [-0.05, 0) is 43.2 Å². The summed E-state index contributed by atoms with van der Waals surface area (Å²) in [7, 11) is 1.87. The standard InChI is InChI=1S/C31H31F2N7O3S/c1-37(30-35-26(25(17-34)44-30)19-4-6-21(32)7-5-19)28-24-16-23(22(33)18-40(24)36-27(28)20-2-3-20)38-10-12-39(13-11-38)29(41)31(42)8-14-43-15-9-31/h4-7,16,18,20,42H,2-3,8-15H2,1H3. The van der Waals surface area contributed by atoms with Gasteiger partial charge < -0.3 is 24.5 Å². The van der Waals surface area contributed by atoms with Crippen LogP contribution in [-0.4, -0.2) is 82.6 Å². The van der Waals surface area contributed by atoms with Crippen molar-refractivity contribution in [3.8, 4) is 17.3 Å². The highest BCUT2D eigenvalue weighted by atomic mass is 32.1. The van der Waals surface area contributed by atoms with E-state index in [1.165, 1.54) is 29.7 Å². The van der Waals surface area contributed by atoms with Gasteiger partial charge in [-0.2, -0.15) is 10.4 Å². The second-order valence-electron chi connectivity index (χ2n) is 11.6. The molecule has 1 saturated carbocycles. The van der Waals surface area contributed by atoms with E-state index in [2.05, 4.69) is 6.07 Å². The van der Waals surface area contributed by atoms with Crippen LogP contribution in [0, 0.1) is 23.0 Å². The first-order valence-electron chi connectivity index (χ1n) is 14.7. The zero-order valence-electron chi connectivity index (χ0n) is 24.2. The summed E-state index contributed by atoms with van der Waals surface area (Å²) in [4.78, 5) is 23.8. The number of carbonyl (C=O) groups excluding carboxylic acids is 1. The van der Waals surface area contributed by atoms with Gasteiger partial charge in [-0.1, -0.05) is 11.3 Å². The predicted molar refractivity (Wildman–Crippen MR) is 161 cm³/mol. The summed E-state index contributed by atoms with van der Waals surface area (Å²) in [5, 5.41) is 26.1. The molecule has 1 aromatic carbocycles. The zero-order chi connectivity index (χ0) is 30.6. The molecule has 3 aromatic heterocycles. The molecular formula is C31H31F2N7O3S. The summed E-state index contributed by atoms with van der Waals surface area (Å²) < 4.78 is 36.0. The normalized spacial score (nSPS) is 18.4. The minimum absolute atomic E-state index is 0.247.